The van der Waals surface area contributed by atoms with Crippen LogP contribution in [0.2, 0.25) is 0 Å². The van der Waals surface area contributed by atoms with Crippen molar-refractivity contribution >= 4 is 11.3 Å². The molecule has 0 spiro atoms. The first-order valence-electron chi connectivity index (χ1n) is 8.02. The SMILES string of the molecule is Cc1ncsc1C(C)NCCCN(C)C1CCCCC1. The summed E-state index contributed by atoms with van der Waals surface area (Å²) in [7, 11) is 2.30. The fraction of sp³-hybridized carbons (Fsp3) is 0.812. The summed E-state index contributed by atoms with van der Waals surface area (Å²) in [5.74, 6) is 0. The Balaban J connectivity index is 1.62. The van der Waals surface area contributed by atoms with Crippen LogP contribution in [-0.4, -0.2) is 36.1 Å². The molecule has 1 saturated carbocycles. The molecule has 0 aliphatic heterocycles. The first-order valence-corrected chi connectivity index (χ1v) is 8.90. The monoisotopic (exact) mass is 295 g/mol. The molecular weight excluding hydrogens is 266 g/mol. The predicted molar refractivity (Wildman–Crippen MR) is 87.4 cm³/mol. The molecule has 1 unspecified atom stereocenters. The summed E-state index contributed by atoms with van der Waals surface area (Å²) in [6.45, 7) is 6.65. The van der Waals surface area contributed by atoms with Gasteiger partial charge in [0.25, 0.3) is 0 Å². The van der Waals surface area contributed by atoms with E-state index in [1.807, 2.05) is 5.51 Å². The number of nitrogens with one attached hydrogen (secondary N) is 1. The van der Waals surface area contributed by atoms with Crippen LogP contribution in [0.1, 0.15) is 62.1 Å². The fourth-order valence-corrected chi connectivity index (χ4v) is 4.01. The molecule has 3 nitrogen and oxygen atoms in total. The Labute approximate surface area is 127 Å². The Bertz CT molecular complexity index is 385. The molecule has 0 bridgehead atoms. The molecule has 2 rings (SSSR count). The first kappa shape index (κ1) is 15.9. The minimum Gasteiger partial charge on any atom is -0.309 e. The molecular formula is C16H29N3S. The van der Waals surface area contributed by atoms with Gasteiger partial charge in [-0.25, -0.2) is 4.98 Å². The van der Waals surface area contributed by atoms with Gasteiger partial charge in [-0.05, 0) is 53.2 Å². The lowest BCUT2D eigenvalue weighted by atomic mass is 9.94. The second-order valence-electron chi connectivity index (χ2n) is 6.10. The van der Waals surface area contributed by atoms with Crippen molar-refractivity contribution in [2.45, 2.75) is 64.5 Å². The van der Waals surface area contributed by atoms with E-state index < -0.39 is 0 Å². The standard InChI is InChI=1S/C16H29N3S/c1-13(16-14(2)18-12-20-16)17-10-7-11-19(3)15-8-5-4-6-9-15/h12-13,15,17H,4-11H2,1-3H3. The van der Waals surface area contributed by atoms with E-state index in [-0.39, 0.29) is 0 Å². The van der Waals surface area contributed by atoms with E-state index >= 15 is 0 Å². The summed E-state index contributed by atoms with van der Waals surface area (Å²) in [6.07, 6.45) is 8.33. The van der Waals surface area contributed by atoms with Crippen molar-refractivity contribution < 1.29 is 0 Å². The number of hydrogen-bond donors (Lipinski definition) is 1. The van der Waals surface area contributed by atoms with Crippen molar-refractivity contribution in [1.29, 1.82) is 0 Å². The second-order valence-corrected chi connectivity index (χ2v) is 6.99. The van der Waals surface area contributed by atoms with E-state index in [2.05, 4.69) is 36.1 Å². The molecule has 0 amide bonds. The quantitative estimate of drug-likeness (QED) is 0.776. The lowest BCUT2D eigenvalue weighted by Gasteiger charge is -2.31. The summed E-state index contributed by atoms with van der Waals surface area (Å²) < 4.78 is 0. The molecule has 4 heteroatoms. The Kier molecular flexibility index (Phi) is 6.46. The molecule has 1 aliphatic rings. The van der Waals surface area contributed by atoms with Crippen molar-refractivity contribution in [3.63, 3.8) is 0 Å². The molecule has 1 aromatic rings. The maximum atomic E-state index is 4.33. The third-order valence-electron chi connectivity index (χ3n) is 4.51. The summed E-state index contributed by atoms with van der Waals surface area (Å²) in [6, 6.07) is 1.27. The minimum atomic E-state index is 0.433. The molecule has 0 aromatic carbocycles. The molecule has 1 aliphatic carbocycles. The van der Waals surface area contributed by atoms with Crippen molar-refractivity contribution in [1.82, 2.24) is 15.2 Å². The van der Waals surface area contributed by atoms with Crippen molar-refractivity contribution in [3.05, 3.63) is 16.1 Å². The van der Waals surface area contributed by atoms with Crippen LogP contribution in [0.4, 0.5) is 0 Å². The van der Waals surface area contributed by atoms with Crippen LogP contribution in [-0.2, 0) is 0 Å². The lowest BCUT2D eigenvalue weighted by molar-refractivity contribution is 0.189. The van der Waals surface area contributed by atoms with E-state index in [0.29, 0.717) is 6.04 Å². The van der Waals surface area contributed by atoms with E-state index in [0.717, 1.165) is 12.6 Å². The van der Waals surface area contributed by atoms with Crippen LogP contribution in [0.15, 0.2) is 5.51 Å². The first-order chi connectivity index (χ1) is 9.68. The Morgan fingerprint density at radius 3 is 2.80 bits per heavy atom. The molecule has 1 aromatic heterocycles. The van der Waals surface area contributed by atoms with Gasteiger partial charge in [0.1, 0.15) is 0 Å². The number of thiazole rings is 1. The van der Waals surface area contributed by atoms with E-state index in [9.17, 15) is 0 Å². The van der Waals surface area contributed by atoms with Crippen LogP contribution in [0, 0.1) is 6.92 Å². The highest BCUT2D eigenvalue weighted by Crippen LogP contribution is 2.22. The third kappa shape index (κ3) is 4.54. The zero-order valence-electron chi connectivity index (χ0n) is 13.2. The highest BCUT2D eigenvalue weighted by atomic mass is 32.1. The summed E-state index contributed by atoms with van der Waals surface area (Å²) >= 11 is 1.76. The highest BCUT2D eigenvalue weighted by molar-refractivity contribution is 7.09. The number of nitrogens with zero attached hydrogens (tertiary/aromatic N) is 2. The largest absolute Gasteiger partial charge is 0.309 e. The van der Waals surface area contributed by atoms with Crippen LogP contribution >= 0.6 is 11.3 Å². The average Bonchev–Trinajstić information content (AvgIpc) is 2.90. The molecule has 0 radical (unpaired) electrons. The van der Waals surface area contributed by atoms with E-state index in [1.165, 1.54) is 55.6 Å². The van der Waals surface area contributed by atoms with Gasteiger partial charge in [-0.15, -0.1) is 11.3 Å². The molecule has 20 heavy (non-hydrogen) atoms. The van der Waals surface area contributed by atoms with Crippen LogP contribution < -0.4 is 5.32 Å². The number of aromatic nitrogens is 1. The number of rotatable bonds is 7. The second kappa shape index (κ2) is 8.11. The molecule has 1 N–H and O–H groups in total. The minimum absolute atomic E-state index is 0.433. The van der Waals surface area contributed by atoms with Gasteiger partial charge in [-0.2, -0.15) is 0 Å². The summed E-state index contributed by atoms with van der Waals surface area (Å²) in [5, 5.41) is 3.63. The topological polar surface area (TPSA) is 28.2 Å². The zero-order valence-corrected chi connectivity index (χ0v) is 14.0. The Morgan fingerprint density at radius 1 is 1.40 bits per heavy atom. The molecule has 1 atom stereocenters. The van der Waals surface area contributed by atoms with Gasteiger partial charge in [0.15, 0.2) is 0 Å². The number of aryl methyl sites for hydroxylation is 1. The van der Waals surface area contributed by atoms with Gasteiger partial charge >= 0.3 is 0 Å². The molecule has 114 valence electrons. The van der Waals surface area contributed by atoms with Crippen molar-refractivity contribution in [3.8, 4) is 0 Å². The fourth-order valence-electron chi connectivity index (χ4n) is 3.17. The predicted octanol–water partition coefficient (Wildman–Crippen LogP) is 3.76. The van der Waals surface area contributed by atoms with Gasteiger partial charge in [-0.3, -0.25) is 0 Å². The van der Waals surface area contributed by atoms with Gasteiger partial charge in [0.2, 0.25) is 0 Å². The normalized spacial score (nSPS) is 18.6. The van der Waals surface area contributed by atoms with Gasteiger partial charge in [0, 0.05) is 17.0 Å². The van der Waals surface area contributed by atoms with Crippen LogP contribution in [0.25, 0.3) is 0 Å². The highest BCUT2D eigenvalue weighted by Gasteiger charge is 2.17. The Hall–Kier alpha value is -0.450. The smallest absolute Gasteiger partial charge is 0.0798 e. The van der Waals surface area contributed by atoms with Crippen LogP contribution in [0.5, 0.6) is 0 Å². The van der Waals surface area contributed by atoms with Crippen molar-refractivity contribution in [2.75, 3.05) is 20.1 Å². The molecule has 1 heterocycles. The van der Waals surface area contributed by atoms with Gasteiger partial charge < -0.3 is 10.2 Å². The number of hydrogen-bond acceptors (Lipinski definition) is 4. The zero-order chi connectivity index (χ0) is 14.4. The van der Waals surface area contributed by atoms with E-state index in [4.69, 9.17) is 0 Å². The van der Waals surface area contributed by atoms with Gasteiger partial charge in [-0.1, -0.05) is 19.3 Å². The molecule has 1 fully saturated rings. The van der Waals surface area contributed by atoms with Crippen LogP contribution in [0.3, 0.4) is 0 Å². The average molecular weight is 295 g/mol. The maximum absolute atomic E-state index is 4.33. The molecule has 0 saturated heterocycles. The van der Waals surface area contributed by atoms with Gasteiger partial charge in [0.05, 0.1) is 11.2 Å². The van der Waals surface area contributed by atoms with Crippen molar-refractivity contribution in [2.24, 2.45) is 0 Å². The lowest BCUT2D eigenvalue weighted by Crippen LogP contribution is -2.35. The maximum Gasteiger partial charge on any atom is 0.0798 e. The Morgan fingerprint density at radius 2 is 2.15 bits per heavy atom. The summed E-state index contributed by atoms with van der Waals surface area (Å²) in [5.41, 5.74) is 3.12. The van der Waals surface area contributed by atoms with E-state index in [1.54, 1.807) is 11.3 Å². The third-order valence-corrected chi connectivity index (χ3v) is 5.63. The summed E-state index contributed by atoms with van der Waals surface area (Å²) in [4.78, 5) is 8.28.